The number of hydrogen-bond donors (Lipinski definition) is 2. The minimum Gasteiger partial charge on any atom is -0.480 e. The zero-order chi connectivity index (χ0) is 6.69. The summed E-state index contributed by atoms with van der Waals surface area (Å²) in [6.07, 6.45) is 0. The zero-order valence-corrected chi connectivity index (χ0v) is 4.96. The number of rotatable bonds is 3. The van der Waals surface area contributed by atoms with Crippen molar-refractivity contribution < 1.29 is 14.6 Å². The van der Waals surface area contributed by atoms with Gasteiger partial charge in [-0.2, -0.15) is 0 Å². The second-order valence-corrected chi connectivity index (χ2v) is 2.01. The van der Waals surface area contributed by atoms with E-state index in [0.29, 0.717) is 13.2 Å². The van der Waals surface area contributed by atoms with Crippen molar-refractivity contribution in [3.63, 3.8) is 0 Å². The molecule has 0 aromatic heterocycles. The standard InChI is InChI=1S/C5H9NO3/c7-5(8)1-6-4-2-9-3-4/h4,6H,1-3H2,(H,7,8). The van der Waals surface area contributed by atoms with Gasteiger partial charge in [0.25, 0.3) is 0 Å². The van der Waals surface area contributed by atoms with Crippen molar-refractivity contribution in [2.24, 2.45) is 0 Å². The van der Waals surface area contributed by atoms with Gasteiger partial charge in [-0.25, -0.2) is 0 Å². The van der Waals surface area contributed by atoms with Crippen LogP contribution in [0, 0.1) is 0 Å². The third-order valence-corrected chi connectivity index (χ3v) is 1.18. The Balaban J connectivity index is 1.97. The number of carboxylic acid groups (broad SMARTS) is 1. The summed E-state index contributed by atoms with van der Waals surface area (Å²) < 4.78 is 4.81. The molecule has 0 bridgehead atoms. The molecule has 1 aliphatic heterocycles. The quantitative estimate of drug-likeness (QED) is 0.519. The predicted molar refractivity (Wildman–Crippen MR) is 30.2 cm³/mol. The summed E-state index contributed by atoms with van der Waals surface area (Å²) in [5, 5.41) is 11.0. The van der Waals surface area contributed by atoms with Crippen LogP contribution in [0.5, 0.6) is 0 Å². The Morgan fingerprint density at radius 2 is 2.44 bits per heavy atom. The Bertz CT molecular complexity index is 111. The van der Waals surface area contributed by atoms with E-state index in [2.05, 4.69) is 5.32 Å². The topological polar surface area (TPSA) is 58.6 Å². The lowest BCUT2D eigenvalue weighted by molar-refractivity contribution is -0.136. The van der Waals surface area contributed by atoms with Gasteiger partial charge in [0, 0.05) is 0 Å². The number of carbonyl (C=O) groups is 1. The highest BCUT2D eigenvalue weighted by Crippen LogP contribution is 1.97. The lowest BCUT2D eigenvalue weighted by atomic mass is 10.2. The van der Waals surface area contributed by atoms with Gasteiger partial charge in [0.05, 0.1) is 25.8 Å². The van der Waals surface area contributed by atoms with Crippen LogP contribution < -0.4 is 5.32 Å². The first-order valence-corrected chi connectivity index (χ1v) is 2.82. The Labute approximate surface area is 52.8 Å². The second-order valence-electron chi connectivity index (χ2n) is 2.01. The molecule has 4 nitrogen and oxygen atoms in total. The van der Waals surface area contributed by atoms with Gasteiger partial charge in [-0.3, -0.25) is 10.1 Å². The summed E-state index contributed by atoms with van der Waals surface area (Å²) in [5.41, 5.74) is 0. The molecule has 2 N–H and O–H groups in total. The Hall–Kier alpha value is -0.610. The van der Waals surface area contributed by atoms with Crippen LogP contribution in [-0.2, 0) is 9.53 Å². The second kappa shape index (κ2) is 2.80. The fraction of sp³-hybridized carbons (Fsp3) is 0.800. The van der Waals surface area contributed by atoms with Crippen molar-refractivity contribution in [2.45, 2.75) is 6.04 Å². The maximum Gasteiger partial charge on any atom is 0.317 e. The van der Waals surface area contributed by atoms with Gasteiger partial charge in [0.2, 0.25) is 0 Å². The number of nitrogens with one attached hydrogen (secondary N) is 1. The molecule has 0 spiro atoms. The van der Waals surface area contributed by atoms with Gasteiger partial charge in [0.15, 0.2) is 0 Å². The van der Waals surface area contributed by atoms with Crippen LogP contribution in [0.3, 0.4) is 0 Å². The highest BCUT2D eigenvalue weighted by atomic mass is 16.5. The zero-order valence-electron chi connectivity index (χ0n) is 4.96. The Kier molecular flexibility index (Phi) is 2.02. The van der Waals surface area contributed by atoms with E-state index in [4.69, 9.17) is 9.84 Å². The lowest BCUT2D eigenvalue weighted by Crippen LogP contribution is -2.47. The first-order chi connectivity index (χ1) is 4.29. The van der Waals surface area contributed by atoms with E-state index < -0.39 is 5.97 Å². The van der Waals surface area contributed by atoms with E-state index in [1.807, 2.05) is 0 Å². The van der Waals surface area contributed by atoms with E-state index in [-0.39, 0.29) is 12.6 Å². The summed E-state index contributed by atoms with van der Waals surface area (Å²) in [6, 6.07) is 0.265. The monoisotopic (exact) mass is 131 g/mol. The third-order valence-electron chi connectivity index (χ3n) is 1.18. The number of ether oxygens (including phenoxy) is 1. The minimum absolute atomic E-state index is 0.0357. The average molecular weight is 131 g/mol. The number of carboxylic acids is 1. The molecule has 0 radical (unpaired) electrons. The number of hydrogen-bond acceptors (Lipinski definition) is 3. The van der Waals surface area contributed by atoms with Crippen LogP contribution in [0.2, 0.25) is 0 Å². The average Bonchev–Trinajstić information content (AvgIpc) is 1.60. The molecule has 1 aliphatic rings. The first-order valence-electron chi connectivity index (χ1n) is 2.82. The van der Waals surface area contributed by atoms with Crippen molar-refractivity contribution in [3.8, 4) is 0 Å². The van der Waals surface area contributed by atoms with Gasteiger partial charge in [-0.15, -0.1) is 0 Å². The van der Waals surface area contributed by atoms with Crippen LogP contribution >= 0.6 is 0 Å². The summed E-state index contributed by atoms with van der Waals surface area (Å²) in [7, 11) is 0. The lowest BCUT2D eigenvalue weighted by Gasteiger charge is -2.25. The molecule has 1 heterocycles. The Morgan fingerprint density at radius 3 is 2.78 bits per heavy atom. The SMILES string of the molecule is O=C(O)CNC1COC1. The molecule has 1 fully saturated rings. The van der Waals surface area contributed by atoms with E-state index in [1.165, 1.54) is 0 Å². The van der Waals surface area contributed by atoms with Crippen molar-refractivity contribution in [1.29, 1.82) is 0 Å². The molecular formula is C5H9NO3. The summed E-state index contributed by atoms with van der Waals surface area (Å²) in [4.78, 5) is 9.94. The van der Waals surface area contributed by atoms with Crippen LogP contribution in [0.4, 0.5) is 0 Å². The first kappa shape index (κ1) is 6.51. The molecule has 0 unspecified atom stereocenters. The van der Waals surface area contributed by atoms with Gasteiger partial charge in [-0.1, -0.05) is 0 Å². The van der Waals surface area contributed by atoms with Crippen molar-refractivity contribution in [2.75, 3.05) is 19.8 Å². The molecule has 0 aromatic carbocycles. The van der Waals surface area contributed by atoms with E-state index in [0.717, 1.165) is 0 Å². The van der Waals surface area contributed by atoms with Gasteiger partial charge in [-0.05, 0) is 0 Å². The maximum atomic E-state index is 9.94. The van der Waals surface area contributed by atoms with Crippen LogP contribution in [0.25, 0.3) is 0 Å². The largest absolute Gasteiger partial charge is 0.480 e. The fourth-order valence-corrected chi connectivity index (χ4v) is 0.585. The van der Waals surface area contributed by atoms with E-state index in [1.54, 1.807) is 0 Å². The van der Waals surface area contributed by atoms with Gasteiger partial charge >= 0.3 is 5.97 Å². The highest BCUT2D eigenvalue weighted by Gasteiger charge is 2.17. The third kappa shape index (κ3) is 1.99. The molecule has 0 atom stereocenters. The molecule has 1 saturated heterocycles. The summed E-state index contributed by atoms with van der Waals surface area (Å²) in [5.74, 6) is -0.818. The Morgan fingerprint density at radius 1 is 1.78 bits per heavy atom. The van der Waals surface area contributed by atoms with Gasteiger partial charge < -0.3 is 9.84 Å². The molecule has 0 aromatic rings. The predicted octanol–water partition coefficient (Wildman–Crippen LogP) is -0.941. The van der Waals surface area contributed by atoms with E-state index in [9.17, 15) is 4.79 Å². The van der Waals surface area contributed by atoms with Crippen molar-refractivity contribution in [3.05, 3.63) is 0 Å². The van der Waals surface area contributed by atoms with Crippen molar-refractivity contribution in [1.82, 2.24) is 5.32 Å². The summed E-state index contributed by atoms with van der Waals surface area (Å²) in [6.45, 7) is 1.33. The molecule has 0 aliphatic carbocycles. The molecule has 0 amide bonds. The molecule has 4 heteroatoms. The maximum absolute atomic E-state index is 9.94. The van der Waals surface area contributed by atoms with Crippen LogP contribution in [-0.4, -0.2) is 36.9 Å². The van der Waals surface area contributed by atoms with Crippen LogP contribution in [0.15, 0.2) is 0 Å². The smallest absolute Gasteiger partial charge is 0.317 e. The van der Waals surface area contributed by atoms with E-state index >= 15 is 0 Å². The molecular weight excluding hydrogens is 122 g/mol. The highest BCUT2D eigenvalue weighted by molar-refractivity contribution is 5.69. The summed E-state index contributed by atoms with van der Waals surface area (Å²) >= 11 is 0. The van der Waals surface area contributed by atoms with Crippen molar-refractivity contribution >= 4 is 5.97 Å². The van der Waals surface area contributed by atoms with Gasteiger partial charge in [0.1, 0.15) is 0 Å². The van der Waals surface area contributed by atoms with Crippen LogP contribution in [0.1, 0.15) is 0 Å². The minimum atomic E-state index is -0.818. The molecule has 0 saturated carbocycles. The number of aliphatic carboxylic acids is 1. The fourth-order valence-electron chi connectivity index (χ4n) is 0.585. The molecule has 1 rings (SSSR count). The molecule has 52 valence electrons. The molecule has 9 heavy (non-hydrogen) atoms. The normalized spacial score (nSPS) is 19.1.